The summed E-state index contributed by atoms with van der Waals surface area (Å²) in [6, 6.07) is 12.7. The second-order valence-corrected chi connectivity index (χ2v) is 5.01. The van der Waals surface area contributed by atoms with E-state index in [1.54, 1.807) is 25.1 Å². The van der Waals surface area contributed by atoms with Gasteiger partial charge < -0.3 is 10.4 Å². The van der Waals surface area contributed by atoms with E-state index in [4.69, 9.17) is 0 Å². The fourth-order valence-electron chi connectivity index (χ4n) is 2.14. The number of amides is 1. The third kappa shape index (κ3) is 3.69. The predicted molar refractivity (Wildman–Crippen MR) is 81.7 cm³/mol. The molecule has 0 aliphatic rings. The van der Waals surface area contributed by atoms with Crippen molar-refractivity contribution in [2.45, 2.75) is 20.3 Å². The van der Waals surface area contributed by atoms with E-state index in [-0.39, 0.29) is 17.9 Å². The fourth-order valence-corrected chi connectivity index (χ4v) is 2.14. The lowest BCUT2D eigenvalue weighted by Gasteiger charge is -2.10. The Morgan fingerprint density at radius 3 is 2.33 bits per heavy atom. The predicted octanol–water partition coefficient (Wildman–Crippen LogP) is 3.18. The first-order valence-corrected chi connectivity index (χ1v) is 6.65. The SMILES string of the molecule is Cc1ccc(CC(=O)Nc2cccc(C)c2C(=O)O)cc1. The maximum atomic E-state index is 12.0. The minimum Gasteiger partial charge on any atom is -0.478 e. The number of hydrogen-bond donors (Lipinski definition) is 2. The molecule has 0 aromatic heterocycles. The van der Waals surface area contributed by atoms with Gasteiger partial charge in [-0.15, -0.1) is 0 Å². The quantitative estimate of drug-likeness (QED) is 0.905. The Morgan fingerprint density at radius 2 is 1.71 bits per heavy atom. The molecule has 0 aliphatic carbocycles. The largest absolute Gasteiger partial charge is 0.478 e. The Hall–Kier alpha value is -2.62. The van der Waals surface area contributed by atoms with Gasteiger partial charge in [-0.25, -0.2) is 4.79 Å². The van der Waals surface area contributed by atoms with Gasteiger partial charge in [-0.3, -0.25) is 4.79 Å². The Balaban J connectivity index is 2.15. The third-order valence-corrected chi connectivity index (χ3v) is 3.25. The first-order chi connectivity index (χ1) is 9.97. The summed E-state index contributed by atoms with van der Waals surface area (Å²) >= 11 is 0. The zero-order chi connectivity index (χ0) is 15.4. The van der Waals surface area contributed by atoms with E-state index in [1.165, 1.54) is 0 Å². The molecule has 21 heavy (non-hydrogen) atoms. The Kier molecular flexibility index (Phi) is 4.38. The van der Waals surface area contributed by atoms with Crippen molar-refractivity contribution < 1.29 is 14.7 Å². The molecule has 0 fully saturated rings. The molecule has 4 heteroatoms. The van der Waals surface area contributed by atoms with Crippen LogP contribution in [0.25, 0.3) is 0 Å². The summed E-state index contributed by atoms with van der Waals surface area (Å²) in [7, 11) is 0. The summed E-state index contributed by atoms with van der Waals surface area (Å²) < 4.78 is 0. The van der Waals surface area contributed by atoms with E-state index in [0.29, 0.717) is 11.3 Å². The topological polar surface area (TPSA) is 66.4 Å². The summed E-state index contributed by atoms with van der Waals surface area (Å²) in [5, 5.41) is 11.9. The summed E-state index contributed by atoms with van der Waals surface area (Å²) in [6.07, 6.45) is 0.216. The molecular weight excluding hydrogens is 266 g/mol. The molecule has 0 bridgehead atoms. The van der Waals surface area contributed by atoms with Gasteiger partial charge in [0.1, 0.15) is 0 Å². The molecule has 1 amide bonds. The molecule has 0 saturated carbocycles. The molecule has 108 valence electrons. The van der Waals surface area contributed by atoms with Gasteiger partial charge in [0.15, 0.2) is 0 Å². The summed E-state index contributed by atoms with van der Waals surface area (Å²) in [6.45, 7) is 3.69. The van der Waals surface area contributed by atoms with Crippen molar-refractivity contribution in [3.05, 3.63) is 64.7 Å². The second-order valence-electron chi connectivity index (χ2n) is 5.01. The lowest BCUT2D eigenvalue weighted by Crippen LogP contribution is -2.17. The van der Waals surface area contributed by atoms with Gasteiger partial charge in [0.25, 0.3) is 0 Å². The van der Waals surface area contributed by atoms with Crippen LogP contribution >= 0.6 is 0 Å². The molecular formula is C17H17NO3. The number of anilines is 1. The van der Waals surface area contributed by atoms with Crippen molar-refractivity contribution in [1.82, 2.24) is 0 Å². The average Bonchev–Trinajstić information content (AvgIpc) is 2.41. The normalized spacial score (nSPS) is 10.2. The highest BCUT2D eigenvalue weighted by atomic mass is 16.4. The van der Waals surface area contributed by atoms with Crippen LogP contribution in [0.3, 0.4) is 0 Å². The van der Waals surface area contributed by atoms with Crippen molar-refractivity contribution >= 4 is 17.6 Å². The molecule has 2 aromatic carbocycles. The highest BCUT2D eigenvalue weighted by Crippen LogP contribution is 2.19. The van der Waals surface area contributed by atoms with Crippen LogP contribution < -0.4 is 5.32 Å². The molecule has 4 nitrogen and oxygen atoms in total. The molecule has 0 atom stereocenters. The van der Waals surface area contributed by atoms with Crippen molar-refractivity contribution in [2.75, 3.05) is 5.32 Å². The number of nitrogens with one attached hydrogen (secondary N) is 1. The van der Waals surface area contributed by atoms with E-state index in [0.717, 1.165) is 11.1 Å². The first-order valence-electron chi connectivity index (χ1n) is 6.65. The zero-order valence-corrected chi connectivity index (χ0v) is 12.0. The summed E-state index contributed by atoms with van der Waals surface area (Å²) in [4.78, 5) is 23.3. The van der Waals surface area contributed by atoms with Crippen LogP contribution in [-0.4, -0.2) is 17.0 Å². The average molecular weight is 283 g/mol. The minimum atomic E-state index is -1.04. The maximum Gasteiger partial charge on any atom is 0.338 e. The summed E-state index contributed by atoms with van der Waals surface area (Å²) in [5.74, 6) is -1.27. The van der Waals surface area contributed by atoms with Gasteiger partial charge >= 0.3 is 5.97 Å². The number of carbonyl (C=O) groups excluding carboxylic acids is 1. The smallest absolute Gasteiger partial charge is 0.338 e. The zero-order valence-electron chi connectivity index (χ0n) is 12.0. The number of benzene rings is 2. The van der Waals surface area contributed by atoms with Crippen molar-refractivity contribution in [2.24, 2.45) is 0 Å². The molecule has 0 aliphatic heterocycles. The van der Waals surface area contributed by atoms with Gasteiger partial charge in [0.2, 0.25) is 5.91 Å². The molecule has 2 N–H and O–H groups in total. The number of carboxylic acid groups (broad SMARTS) is 1. The van der Waals surface area contributed by atoms with Gasteiger partial charge in [0, 0.05) is 0 Å². The van der Waals surface area contributed by atoms with E-state index in [2.05, 4.69) is 5.32 Å². The van der Waals surface area contributed by atoms with Gasteiger partial charge in [-0.2, -0.15) is 0 Å². The molecule has 2 aromatic rings. The van der Waals surface area contributed by atoms with Crippen LogP contribution in [0.15, 0.2) is 42.5 Å². The number of carboxylic acids is 1. The van der Waals surface area contributed by atoms with E-state index in [1.807, 2.05) is 31.2 Å². The molecule has 0 spiro atoms. The highest BCUT2D eigenvalue weighted by Gasteiger charge is 2.14. The second kappa shape index (κ2) is 6.22. The molecule has 0 unspecified atom stereocenters. The molecule has 0 saturated heterocycles. The maximum absolute atomic E-state index is 12.0. The Labute approximate surface area is 123 Å². The van der Waals surface area contributed by atoms with Gasteiger partial charge in [-0.1, -0.05) is 42.0 Å². The third-order valence-electron chi connectivity index (χ3n) is 3.25. The Morgan fingerprint density at radius 1 is 1.05 bits per heavy atom. The number of aryl methyl sites for hydroxylation is 2. The van der Waals surface area contributed by atoms with Crippen LogP contribution in [0.1, 0.15) is 27.0 Å². The van der Waals surface area contributed by atoms with Gasteiger partial charge in [-0.05, 0) is 31.0 Å². The van der Waals surface area contributed by atoms with E-state index in [9.17, 15) is 14.7 Å². The van der Waals surface area contributed by atoms with Crippen LogP contribution in [0.5, 0.6) is 0 Å². The highest BCUT2D eigenvalue weighted by molar-refractivity contribution is 6.02. The molecule has 0 radical (unpaired) electrons. The van der Waals surface area contributed by atoms with Gasteiger partial charge in [0.05, 0.1) is 17.7 Å². The van der Waals surface area contributed by atoms with Crippen LogP contribution in [0.2, 0.25) is 0 Å². The first kappa shape index (κ1) is 14.8. The fraction of sp³-hybridized carbons (Fsp3) is 0.176. The molecule has 0 heterocycles. The number of carbonyl (C=O) groups is 2. The number of aromatic carboxylic acids is 1. The lowest BCUT2D eigenvalue weighted by atomic mass is 10.1. The number of rotatable bonds is 4. The van der Waals surface area contributed by atoms with Crippen molar-refractivity contribution in [1.29, 1.82) is 0 Å². The van der Waals surface area contributed by atoms with Crippen molar-refractivity contribution in [3.8, 4) is 0 Å². The van der Waals surface area contributed by atoms with E-state index >= 15 is 0 Å². The minimum absolute atomic E-state index is 0.134. The van der Waals surface area contributed by atoms with Crippen LogP contribution in [-0.2, 0) is 11.2 Å². The standard InChI is InChI=1S/C17H17NO3/c1-11-6-8-13(9-7-11)10-15(19)18-14-5-3-4-12(2)16(14)17(20)21/h3-9H,10H2,1-2H3,(H,18,19)(H,20,21). The monoisotopic (exact) mass is 283 g/mol. The van der Waals surface area contributed by atoms with Crippen LogP contribution in [0.4, 0.5) is 5.69 Å². The lowest BCUT2D eigenvalue weighted by molar-refractivity contribution is -0.115. The molecule has 2 rings (SSSR count). The Bertz CT molecular complexity index is 675. The van der Waals surface area contributed by atoms with Crippen molar-refractivity contribution in [3.63, 3.8) is 0 Å². The van der Waals surface area contributed by atoms with Crippen LogP contribution in [0, 0.1) is 13.8 Å². The number of hydrogen-bond acceptors (Lipinski definition) is 2. The van der Waals surface area contributed by atoms with E-state index < -0.39 is 5.97 Å². The summed E-state index contributed by atoms with van der Waals surface area (Å²) in [5.41, 5.74) is 3.11.